The summed E-state index contributed by atoms with van der Waals surface area (Å²) in [6.07, 6.45) is 4.07. The maximum absolute atomic E-state index is 9.20. The topological polar surface area (TPSA) is 23.5 Å². The molecular weight excluding hydrogens is 186 g/mol. The third-order valence-electron chi connectivity index (χ3n) is 2.47. The van der Waals surface area contributed by atoms with Crippen molar-refractivity contribution >= 4 is 5.69 Å². The van der Waals surface area contributed by atoms with E-state index in [9.17, 15) is 5.11 Å². The Morgan fingerprint density at radius 2 is 2.13 bits per heavy atom. The number of aliphatic hydroxyl groups is 1. The van der Waals surface area contributed by atoms with Crippen molar-refractivity contribution in [2.45, 2.75) is 19.4 Å². The van der Waals surface area contributed by atoms with Crippen LogP contribution in [0.25, 0.3) is 0 Å². The Morgan fingerprint density at radius 1 is 1.40 bits per heavy atom. The van der Waals surface area contributed by atoms with Crippen molar-refractivity contribution in [2.24, 2.45) is 0 Å². The SMILES string of the molecule is C=CCCCN(C)c1ccccc1CO. The van der Waals surface area contributed by atoms with E-state index in [1.165, 1.54) is 0 Å². The zero-order chi connectivity index (χ0) is 11.1. The van der Waals surface area contributed by atoms with Gasteiger partial charge in [0.2, 0.25) is 0 Å². The van der Waals surface area contributed by atoms with E-state index in [2.05, 4.69) is 18.5 Å². The van der Waals surface area contributed by atoms with Gasteiger partial charge in [0, 0.05) is 24.8 Å². The van der Waals surface area contributed by atoms with Crippen LogP contribution in [0.3, 0.4) is 0 Å². The van der Waals surface area contributed by atoms with E-state index >= 15 is 0 Å². The van der Waals surface area contributed by atoms with Gasteiger partial charge in [0.15, 0.2) is 0 Å². The van der Waals surface area contributed by atoms with Gasteiger partial charge in [-0.25, -0.2) is 0 Å². The molecule has 1 aromatic rings. The molecule has 0 spiro atoms. The second-order valence-corrected chi connectivity index (χ2v) is 3.64. The number of aliphatic hydroxyl groups excluding tert-OH is 1. The number of hydrogen-bond donors (Lipinski definition) is 1. The molecule has 0 fully saturated rings. The molecule has 0 atom stereocenters. The van der Waals surface area contributed by atoms with Crippen LogP contribution in [0.1, 0.15) is 18.4 Å². The van der Waals surface area contributed by atoms with E-state index < -0.39 is 0 Å². The summed E-state index contributed by atoms with van der Waals surface area (Å²) < 4.78 is 0. The summed E-state index contributed by atoms with van der Waals surface area (Å²) in [6.45, 7) is 4.79. The Morgan fingerprint density at radius 3 is 2.80 bits per heavy atom. The van der Waals surface area contributed by atoms with Gasteiger partial charge in [-0.3, -0.25) is 0 Å². The van der Waals surface area contributed by atoms with E-state index in [1.54, 1.807) is 0 Å². The molecule has 2 heteroatoms. The Kier molecular flexibility index (Phi) is 4.91. The molecule has 1 aromatic carbocycles. The van der Waals surface area contributed by atoms with Crippen LogP contribution in [-0.2, 0) is 6.61 Å². The molecule has 0 heterocycles. The van der Waals surface area contributed by atoms with E-state index in [-0.39, 0.29) is 6.61 Å². The van der Waals surface area contributed by atoms with Gasteiger partial charge in [-0.1, -0.05) is 24.3 Å². The normalized spacial score (nSPS) is 10.0. The van der Waals surface area contributed by atoms with E-state index in [1.807, 2.05) is 30.3 Å². The molecule has 0 unspecified atom stereocenters. The Labute approximate surface area is 91.9 Å². The summed E-state index contributed by atoms with van der Waals surface area (Å²) in [7, 11) is 2.05. The maximum atomic E-state index is 9.20. The van der Waals surface area contributed by atoms with Crippen LogP contribution in [0, 0.1) is 0 Å². The van der Waals surface area contributed by atoms with E-state index in [0.717, 1.165) is 30.6 Å². The lowest BCUT2D eigenvalue weighted by molar-refractivity contribution is 0.282. The lowest BCUT2D eigenvalue weighted by Crippen LogP contribution is -2.19. The van der Waals surface area contributed by atoms with Crippen LogP contribution >= 0.6 is 0 Å². The number of benzene rings is 1. The van der Waals surface area contributed by atoms with Gasteiger partial charge in [-0.05, 0) is 18.9 Å². The standard InChI is InChI=1S/C13H19NO/c1-3-4-7-10-14(2)13-9-6-5-8-12(13)11-15/h3,5-6,8-9,15H,1,4,7,10-11H2,2H3. The molecule has 1 N–H and O–H groups in total. The van der Waals surface area contributed by atoms with Gasteiger partial charge < -0.3 is 10.0 Å². The fourth-order valence-corrected chi connectivity index (χ4v) is 1.61. The van der Waals surface area contributed by atoms with Crippen LogP contribution < -0.4 is 4.90 Å². The van der Waals surface area contributed by atoms with Crippen LogP contribution in [-0.4, -0.2) is 18.7 Å². The maximum Gasteiger partial charge on any atom is 0.0702 e. The molecule has 0 aliphatic rings. The first-order valence-corrected chi connectivity index (χ1v) is 5.30. The highest BCUT2D eigenvalue weighted by molar-refractivity contribution is 5.52. The van der Waals surface area contributed by atoms with Crippen molar-refractivity contribution in [1.29, 1.82) is 0 Å². The monoisotopic (exact) mass is 205 g/mol. The van der Waals surface area contributed by atoms with Crippen LogP contribution in [0.15, 0.2) is 36.9 Å². The predicted molar refractivity (Wildman–Crippen MR) is 65.1 cm³/mol. The molecule has 0 aliphatic heterocycles. The smallest absolute Gasteiger partial charge is 0.0702 e. The molecule has 0 aromatic heterocycles. The van der Waals surface area contributed by atoms with Crippen molar-refractivity contribution in [3.63, 3.8) is 0 Å². The molecule has 0 radical (unpaired) electrons. The van der Waals surface area contributed by atoms with E-state index in [0.29, 0.717) is 0 Å². The Balaban J connectivity index is 2.63. The lowest BCUT2D eigenvalue weighted by Gasteiger charge is -2.21. The molecule has 0 bridgehead atoms. The zero-order valence-electron chi connectivity index (χ0n) is 9.32. The van der Waals surface area contributed by atoms with Crippen LogP contribution in [0.5, 0.6) is 0 Å². The summed E-state index contributed by atoms with van der Waals surface area (Å²) in [5.41, 5.74) is 2.10. The van der Waals surface area contributed by atoms with Gasteiger partial charge in [-0.15, -0.1) is 6.58 Å². The van der Waals surface area contributed by atoms with E-state index in [4.69, 9.17) is 0 Å². The minimum atomic E-state index is 0.0992. The summed E-state index contributed by atoms with van der Waals surface area (Å²) in [6, 6.07) is 7.95. The fourth-order valence-electron chi connectivity index (χ4n) is 1.61. The average Bonchev–Trinajstić information content (AvgIpc) is 2.29. The van der Waals surface area contributed by atoms with Crippen LogP contribution in [0.2, 0.25) is 0 Å². The molecule has 0 saturated heterocycles. The number of para-hydroxylation sites is 1. The van der Waals surface area contributed by atoms with Gasteiger partial charge in [-0.2, -0.15) is 0 Å². The van der Waals surface area contributed by atoms with Gasteiger partial charge in [0.1, 0.15) is 0 Å². The average molecular weight is 205 g/mol. The highest BCUT2D eigenvalue weighted by Crippen LogP contribution is 2.19. The Bertz CT molecular complexity index is 309. The summed E-state index contributed by atoms with van der Waals surface area (Å²) >= 11 is 0. The van der Waals surface area contributed by atoms with Gasteiger partial charge in [0.25, 0.3) is 0 Å². The predicted octanol–water partition coefficient (Wildman–Crippen LogP) is 2.58. The quantitative estimate of drug-likeness (QED) is 0.570. The van der Waals surface area contributed by atoms with Crippen molar-refractivity contribution in [3.05, 3.63) is 42.5 Å². The number of rotatable bonds is 6. The largest absolute Gasteiger partial charge is 0.392 e. The molecular formula is C13H19NO. The highest BCUT2D eigenvalue weighted by Gasteiger charge is 2.04. The fraction of sp³-hybridized carbons (Fsp3) is 0.385. The summed E-state index contributed by atoms with van der Waals surface area (Å²) in [4.78, 5) is 2.18. The number of unbranched alkanes of at least 4 members (excludes halogenated alkanes) is 1. The van der Waals surface area contributed by atoms with Crippen LogP contribution in [0.4, 0.5) is 5.69 Å². The van der Waals surface area contributed by atoms with Gasteiger partial charge >= 0.3 is 0 Å². The molecule has 82 valence electrons. The first kappa shape index (κ1) is 11.8. The third kappa shape index (κ3) is 3.40. The number of allylic oxidation sites excluding steroid dienone is 1. The minimum Gasteiger partial charge on any atom is -0.392 e. The third-order valence-corrected chi connectivity index (χ3v) is 2.47. The summed E-state index contributed by atoms with van der Waals surface area (Å²) in [5, 5.41) is 9.20. The van der Waals surface area contributed by atoms with Crippen molar-refractivity contribution in [1.82, 2.24) is 0 Å². The summed E-state index contributed by atoms with van der Waals surface area (Å²) in [5.74, 6) is 0. The second-order valence-electron chi connectivity index (χ2n) is 3.64. The molecule has 0 aliphatic carbocycles. The second kappa shape index (κ2) is 6.25. The van der Waals surface area contributed by atoms with Crippen molar-refractivity contribution in [2.75, 3.05) is 18.5 Å². The number of nitrogens with zero attached hydrogens (tertiary/aromatic N) is 1. The molecule has 15 heavy (non-hydrogen) atoms. The first-order chi connectivity index (χ1) is 7.29. The minimum absolute atomic E-state index is 0.0992. The first-order valence-electron chi connectivity index (χ1n) is 5.30. The molecule has 0 saturated carbocycles. The zero-order valence-corrected chi connectivity index (χ0v) is 9.32. The Hall–Kier alpha value is -1.28. The van der Waals surface area contributed by atoms with Crippen molar-refractivity contribution < 1.29 is 5.11 Å². The number of anilines is 1. The lowest BCUT2D eigenvalue weighted by atomic mass is 10.1. The molecule has 2 nitrogen and oxygen atoms in total. The highest BCUT2D eigenvalue weighted by atomic mass is 16.3. The van der Waals surface area contributed by atoms with Gasteiger partial charge in [0.05, 0.1) is 6.61 Å². The molecule has 1 rings (SSSR count). The molecule has 0 amide bonds. The van der Waals surface area contributed by atoms with Crippen molar-refractivity contribution in [3.8, 4) is 0 Å². The number of hydrogen-bond acceptors (Lipinski definition) is 2.